The average Bonchev–Trinajstić information content (AvgIpc) is 3.45. The molecular weight excluding hydrogens is 466 g/mol. The predicted molar refractivity (Wildman–Crippen MR) is 142 cm³/mol. The van der Waals surface area contributed by atoms with Crippen molar-refractivity contribution in [2.75, 3.05) is 7.11 Å². The number of carbonyl (C=O) groups is 1. The second-order valence-corrected chi connectivity index (χ2v) is 8.85. The van der Waals surface area contributed by atoms with Crippen LogP contribution >= 0.6 is 0 Å². The molecule has 2 heterocycles. The van der Waals surface area contributed by atoms with Gasteiger partial charge in [0.25, 0.3) is 11.5 Å². The number of benzene rings is 3. The van der Waals surface area contributed by atoms with Crippen LogP contribution in [0.5, 0.6) is 5.75 Å². The van der Waals surface area contributed by atoms with E-state index in [4.69, 9.17) is 14.1 Å². The fourth-order valence-electron chi connectivity index (χ4n) is 4.43. The third kappa shape index (κ3) is 4.63. The first-order chi connectivity index (χ1) is 18.0. The van der Waals surface area contributed by atoms with E-state index in [0.29, 0.717) is 39.5 Å². The normalized spacial score (nSPS) is 11.9. The van der Waals surface area contributed by atoms with E-state index in [9.17, 15) is 9.59 Å². The fraction of sp³-hybridized carbons (Fsp3) is 0.167. The Hall–Kier alpha value is -4.65. The molecule has 0 fully saturated rings. The number of aromatic nitrogens is 2. The van der Waals surface area contributed by atoms with E-state index in [1.807, 2.05) is 62.4 Å². The topological polar surface area (TPSA) is 77.6 Å². The molecule has 0 bridgehead atoms. The summed E-state index contributed by atoms with van der Waals surface area (Å²) in [5.41, 5.74) is 2.47. The molecule has 7 nitrogen and oxygen atoms in total. The highest BCUT2D eigenvalue weighted by Gasteiger charge is 2.29. The lowest BCUT2D eigenvalue weighted by molar-refractivity contribution is 0.0648. The lowest BCUT2D eigenvalue weighted by Crippen LogP contribution is -2.37. The maximum Gasteiger partial charge on any atom is 0.266 e. The highest BCUT2D eigenvalue weighted by atomic mass is 16.5. The number of para-hydroxylation sites is 3. The zero-order valence-electron chi connectivity index (χ0n) is 20.9. The summed E-state index contributed by atoms with van der Waals surface area (Å²) < 4.78 is 12.7. The number of furan rings is 1. The van der Waals surface area contributed by atoms with Crippen LogP contribution in [0.1, 0.15) is 40.5 Å². The lowest BCUT2D eigenvalue weighted by Gasteiger charge is -2.30. The van der Waals surface area contributed by atoms with E-state index >= 15 is 0 Å². The van der Waals surface area contributed by atoms with Crippen molar-refractivity contribution in [2.24, 2.45) is 0 Å². The van der Waals surface area contributed by atoms with Gasteiger partial charge in [-0.25, -0.2) is 4.98 Å². The average molecular weight is 494 g/mol. The van der Waals surface area contributed by atoms with E-state index in [-0.39, 0.29) is 18.0 Å². The number of methoxy groups -OCH3 is 1. The summed E-state index contributed by atoms with van der Waals surface area (Å²) in [6.45, 7) is 4.05. The largest absolute Gasteiger partial charge is 0.495 e. The molecule has 1 unspecified atom stereocenters. The molecule has 1 atom stereocenters. The van der Waals surface area contributed by atoms with Crippen molar-refractivity contribution >= 4 is 16.8 Å². The number of nitrogens with zero attached hydrogens (tertiary/aromatic N) is 3. The van der Waals surface area contributed by atoms with Crippen molar-refractivity contribution in [1.29, 1.82) is 0 Å². The molecule has 1 amide bonds. The van der Waals surface area contributed by atoms with Crippen LogP contribution < -0.4 is 10.3 Å². The monoisotopic (exact) mass is 493 g/mol. The van der Waals surface area contributed by atoms with Crippen molar-refractivity contribution in [3.8, 4) is 11.4 Å². The smallest absolute Gasteiger partial charge is 0.266 e. The van der Waals surface area contributed by atoms with Crippen LogP contribution in [0.15, 0.2) is 100 Å². The highest BCUT2D eigenvalue weighted by Crippen LogP contribution is 2.29. The Morgan fingerprint density at radius 2 is 1.73 bits per heavy atom. The van der Waals surface area contributed by atoms with Crippen LogP contribution in [-0.4, -0.2) is 27.5 Å². The number of fused-ring (bicyclic) bond motifs is 1. The van der Waals surface area contributed by atoms with Gasteiger partial charge in [-0.2, -0.15) is 0 Å². The van der Waals surface area contributed by atoms with Gasteiger partial charge in [-0.05, 0) is 62.4 Å². The number of aryl methyl sites for hydroxylation is 1. The van der Waals surface area contributed by atoms with Gasteiger partial charge in [0, 0.05) is 5.56 Å². The number of hydrogen-bond donors (Lipinski definition) is 0. The zero-order valence-corrected chi connectivity index (χ0v) is 20.9. The summed E-state index contributed by atoms with van der Waals surface area (Å²) in [5, 5.41) is 0.479. The first kappa shape index (κ1) is 24.1. The van der Waals surface area contributed by atoms with Gasteiger partial charge in [0.1, 0.15) is 17.3 Å². The molecule has 5 aromatic rings. The fourth-order valence-corrected chi connectivity index (χ4v) is 4.43. The summed E-state index contributed by atoms with van der Waals surface area (Å²) >= 11 is 0. The molecule has 0 saturated heterocycles. The van der Waals surface area contributed by atoms with Gasteiger partial charge >= 0.3 is 0 Å². The van der Waals surface area contributed by atoms with Crippen LogP contribution in [-0.2, 0) is 6.54 Å². The zero-order chi connectivity index (χ0) is 25.9. The van der Waals surface area contributed by atoms with Crippen molar-refractivity contribution in [3.05, 3.63) is 124 Å². The number of carbonyl (C=O) groups excluding carboxylic acids is 1. The Balaban J connectivity index is 1.72. The summed E-state index contributed by atoms with van der Waals surface area (Å²) in [4.78, 5) is 34.3. The van der Waals surface area contributed by atoms with Crippen molar-refractivity contribution in [1.82, 2.24) is 14.5 Å². The summed E-state index contributed by atoms with van der Waals surface area (Å²) in [7, 11) is 1.56. The van der Waals surface area contributed by atoms with Crippen molar-refractivity contribution < 1.29 is 13.9 Å². The quantitative estimate of drug-likeness (QED) is 0.291. The SMILES string of the molecule is COc1ccccc1-n1c(C(C)N(Cc2ccco2)C(=O)c2ccc(C)cc2)nc2ccccc2c1=O. The molecule has 0 aliphatic heterocycles. The van der Waals surface area contributed by atoms with Gasteiger partial charge in [0.05, 0.1) is 42.5 Å². The molecule has 7 heteroatoms. The van der Waals surface area contributed by atoms with E-state index in [2.05, 4.69) is 0 Å². The van der Waals surface area contributed by atoms with Gasteiger partial charge in [-0.1, -0.05) is 42.0 Å². The Morgan fingerprint density at radius 3 is 2.46 bits per heavy atom. The second kappa shape index (κ2) is 10.1. The van der Waals surface area contributed by atoms with E-state index < -0.39 is 6.04 Å². The van der Waals surface area contributed by atoms with Crippen LogP contribution in [0.2, 0.25) is 0 Å². The minimum Gasteiger partial charge on any atom is -0.495 e. The van der Waals surface area contributed by atoms with Gasteiger partial charge in [-0.3, -0.25) is 14.2 Å². The summed E-state index contributed by atoms with van der Waals surface area (Å²) in [6, 6.07) is 24.9. The molecule has 0 N–H and O–H groups in total. The molecule has 0 spiro atoms. The number of amides is 1. The van der Waals surface area contributed by atoms with Gasteiger partial charge in [0.2, 0.25) is 0 Å². The maximum atomic E-state index is 13.9. The summed E-state index contributed by atoms with van der Waals surface area (Å²) in [5.74, 6) is 1.37. The Bertz CT molecular complexity index is 1600. The third-order valence-corrected chi connectivity index (χ3v) is 6.43. The third-order valence-electron chi connectivity index (χ3n) is 6.43. The minimum atomic E-state index is -0.596. The van der Waals surface area contributed by atoms with Gasteiger partial charge in [-0.15, -0.1) is 0 Å². The van der Waals surface area contributed by atoms with Crippen molar-refractivity contribution in [2.45, 2.75) is 26.4 Å². The van der Waals surface area contributed by atoms with Crippen LogP contribution in [0.25, 0.3) is 16.6 Å². The van der Waals surface area contributed by atoms with Crippen LogP contribution in [0.3, 0.4) is 0 Å². The van der Waals surface area contributed by atoms with E-state index in [1.54, 1.807) is 59.2 Å². The molecule has 0 aliphatic rings. The molecule has 0 saturated carbocycles. The second-order valence-electron chi connectivity index (χ2n) is 8.85. The maximum absolute atomic E-state index is 13.9. The van der Waals surface area contributed by atoms with Gasteiger partial charge < -0.3 is 14.1 Å². The predicted octanol–water partition coefficient (Wildman–Crippen LogP) is 5.70. The highest BCUT2D eigenvalue weighted by molar-refractivity contribution is 5.94. The molecule has 37 heavy (non-hydrogen) atoms. The molecule has 2 aromatic heterocycles. The van der Waals surface area contributed by atoms with E-state index in [1.165, 1.54) is 0 Å². The molecule has 3 aromatic carbocycles. The lowest BCUT2D eigenvalue weighted by atomic mass is 10.1. The van der Waals surface area contributed by atoms with Gasteiger partial charge in [0.15, 0.2) is 0 Å². The van der Waals surface area contributed by atoms with Crippen LogP contribution in [0, 0.1) is 6.92 Å². The first-order valence-electron chi connectivity index (χ1n) is 12.0. The number of ether oxygens (including phenoxy) is 1. The Labute approximate surface area is 214 Å². The van der Waals surface area contributed by atoms with Crippen LogP contribution in [0.4, 0.5) is 0 Å². The summed E-state index contributed by atoms with van der Waals surface area (Å²) in [6.07, 6.45) is 1.58. The number of rotatable bonds is 7. The standard InChI is InChI=1S/C30H27N3O4/c1-20-14-16-22(17-15-20)29(34)32(19-23-9-8-18-37-23)21(2)28-31-25-11-5-4-10-24(25)30(35)33(28)26-12-6-7-13-27(26)36-3/h4-18,21H,19H2,1-3H3. The molecule has 186 valence electrons. The molecule has 0 aliphatic carbocycles. The molecular formula is C30H27N3O4. The minimum absolute atomic E-state index is 0.196. The number of hydrogen-bond acceptors (Lipinski definition) is 5. The van der Waals surface area contributed by atoms with E-state index in [0.717, 1.165) is 5.56 Å². The molecule has 5 rings (SSSR count). The Morgan fingerprint density at radius 1 is 1.00 bits per heavy atom. The molecule has 0 radical (unpaired) electrons. The van der Waals surface area contributed by atoms with Crippen molar-refractivity contribution in [3.63, 3.8) is 0 Å². The first-order valence-corrected chi connectivity index (χ1v) is 12.0. The Kier molecular flexibility index (Phi) is 6.60.